The van der Waals surface area contributed by atoms with Gasteiger partial charge in [-0.15, -0.1) is 0 Å². The number of hydrogen-bond donors (Lipinski definition) is 1. The third-order valence-corrected chi connectivity index (χ3v) is 3.42. The second-order valence-electron chi connectivity index (χ2n) is 4.98. The van der Waals surface area contributed by atoms with Crippen LogP contribution in [-0.2, 0) is 11.3 Å². The summed E-state index contributed by atoms with van der Waals surface area (Å²) in [5.41, 5.74) is 6.76. The summed E-state index contributed by atoms with van der Waals surface area (Å²) < 4.78 is 19.0. The summed E-state index contributed by atoms with van der Waals surface area (Å²) in [6.45, 7) is 0.615. The van der Waals surface area contributed by atoms with E-state index in [-0.39, 0.29) is 18.0 Å². The minimum absolute atomic E-state index is 0.167. The molecule has 1 saturated carbocycles. The van der Waals surface area contributed by atoms with Crippen molar-refractivity contribution in [2.24, 2.45) is 5.73 Å². The van der Waals surface area contributed by atoms with Crippen LogP contribution in [0.4, 0.5) is 4.39 Å². The molecule has 0 unspecified atom stereocenters. The highest BCUT2D eigenvalue weighted by Crippen LogP contribution is 2.27. The third kappa shape index (κ3) is 3.06. The molecule has 0 heterocycles. The number of hydrogen-bond acceptors (Lipinski definition) is 3. The molecule has 0 spiro atoms. The van der Waals surface area contributed by atoms with Gasteiger partial charge in [0.1, 0.15) is 5.82 Å². The molecule has 0 bridgehead atoms. The molecular weight excluding hydrogens is 231 g/mol. The van der Waals surface area contributed by atoms with E-state index in [1.54, 1.807) is 0 Å². The Labute approximate surface area is 106 Å². The Morgan fingerprint density at radius 3 is 2.78 bits per heavy atom. The summed E-state index contributed by atoms with van der Waals surface area (Å²) in [6.07, 6.45) is 4.21. The average molecular weight is 248 g/mol. The van der Waals surface area contributed by atoms with E-state index in [1.165, 1.54) is 18.2 Å². The fourth-order valence-corrected chi connectivity index (χ4v) is 2.34. The van der Waals surface area contributed by atoms with Gasteiger partial charge < -0.3 is 10.5 Å². The first-order chi connectivity index (χ1) is 8.63. The summed E-state index contributed by atoms with van der Waals surface area (Å²) in [5.74, 6) is -0.341. The average Bonchev–Trinajstić information content (AvgIpc) is 2.79. The lowest BCUT2D eigenvalue weighted by Gasteiger charge is -2.23. The van der Waals surface area contributed by atoms with Crippen molar-refractivity contribution < 1.29 is 9.13 Å². The van der Waals surface area contributed by atoms with Gasteiger partial charge in [0.05, 0.1) is 24.8 Å². The van der Waals surface area contributed by atoms with Crippen LogP contribution in [0.1, 0.15) is 36.8 Å². The van der Waals surface area contributed by atoms with Crippen molar-refractivity contribution in [2.45, 2.75) is 37.8 Å². The zero-order valence-electron chi connectivity index (χ0n) is 10.3. The van der Waals surface area contributed by atoms with E-state index in [0.29, 0.717) is 17.7 Å². The highest BCUT2D eigenvalue weighted by Gasteiger charge is 2.29. The largest absolute Gasteiger partial charge is 0.375 e. The van der Waals surface area contributed by atoms with Crippen LogP contribution in [0.25, 0.3) is 0 Å². The lowest BCUT2D eigenvalue weighted by atomic mass is 10.0. The molecule has 2 rings (SSSR count). The van der Waals surface area contributed by atoms with Gasteiger partial charge >= 0.3 is 0 Å². The highest BCUT2D eigenvalue weighted by molar-refractivity contribution is 5.33. The van der Waals surface area contributed by atoms with E-state index in [4.69, 9.17) is 15.7 Å². The zero-order valence-corrected chi connectivity index (χ0v) is 10.3. The van der Waals surface area contributed by atoms with Crippen molar-refractivity contribution >= 4 is 0 Å². The second-order valence-corrected chi connectivity index (χ2v) is 4.98. The first-order valence-corrected chi connectivity index (χ1v) is 6.18. The second kappa shape index (κ2) is 5.47. The molecule has 0 atom stereocenters. The molecular formula is C14H17FN2O. The van der Waals surface area contributed by atoms with Crippen molar-refractivity contribution in [1.29, 1.82) is 5.26 Å². The zero-order chi connectivity index (χ0) is 13.0. The molecule has 0 saturated heterocycles. The van der Waals surface area contributed by atoms with E-state index in [1.807, 2.05) is 6.07 Å². The minimum atomic E-state index is -0.341. The van der Waals surface area contributed by atoms with Crippen LogP contribution in [0, 0.1) is 17.1 Å². The van der Waals surface area contributed by atoms with Gasteiger partial charge in [-0.05, 0) is 31.0 Å². The summed E-state index contributed by atoms with van der Waals surface area (Å²) in [7, 11) is 0. The van der Waals surface area contributed by atoms with Gasteiger partial charge in [0, 0.05) is 11.1 Å². The molecule has 1 aliphatic rings. The molecule has 1 fully saturated rings. The molecule has 1 aromatic carbocycles. The number of ether oxygens (including phenoxy) is 1. The molecule has 4 heteroatoms. The van der Waals surface area contributed by atoms with Crippen LogP contribution in [-0.4, -0.2) is 12.1 Å². The Hall–Kier alpha value is -1.44. The molecule has 18 heavy (non-hydrogen) atoms. The highest BCUT2D eigenvalue weighted by atomic mass is 19.1. The van der Waals surface area contributed by atoms with E-state index in [2.05, 4.69) is 0 Å². The van der Waals surface area contributed by atoms with E-state index < -0.39 is 0 Å². The van der Waals surface area contributed by atoms with Crippen LogP contribution in [0.15, 0.2) is 18.2 Å². The van der Waals surface area contributed by atoms with Gasteiger partial charge in [-0.25, -0.2) is 4.39 Å². The van der Waals surface area contributed by atoms with Crippen molar-refractivity contribution in [3.05, 3.63) is 35.1 Å². The molecule has 96 valence electrons. The van der Waals surface area contributed by atoms with Crippen LogP contribution in [0.5, 0.6) is 0 Å². The predicted molar refractivity (Wildman–Crippen MR) is 66.2 cm³/mol. The molecule has 0 radical (unpaired) electrons. The molecule has 2 N–H and O–H groups in total. The molecule has 1 aromatic rings. The van der Waals surface area contributed by atoms with Gasteiger partial charge in [0.15, 0.2) is 0 Å². The Morgan fingerprint density at radius 1 is 1.39 bits per heavy atom. The maximum absolute atomic E-state index is 13.5. The Morgan fingerprint density at radius 2 is 2.11 bits per heavy atom. The third-order valence-electron chi connectivity index (χ3n) is 3.42. The fourth-order valence-electron chi connectivity index (χ4n) is 2.34. The number of nitriles is 1. The summed E-state index contributed by atoms with van der Waals surface area (Å²) >= 11 is 0. The maximum Gasteiger partial charge on any atom is 0.128 e. The number of benzene rings is 1. The first-order valence-electron chi connectivity index (χ1n) is 6.18. The monoisotopic (exact) mass is 248 g/mol. The summed E-state index contributed by atoms with van der Waals surface area (Å²) in [4.78, 5) is 0. The summed E-state index contributed by atoms with van der Waals surface area (Å²) in [6, 6.07) is 6.26. The molecule has 0 amide bonds. The maximum atomic E-state index is 13.5. The van der Waals surface area contributed by atoms with Gasteiger partial charge in [-0.2, -0.15) is 5.26 Å². The Kier molecular flexibility index (Phi) is 3.95. The van der Waals surface area contributed by atoms with Crippen LogP contribution in [0.2, 0.25) is 0 Å². The Balaban J connectivity index is 1.92. The van der Waals surface area contributed by atoms with Gasteiger partial charge in [0.25, 0.3) is 0 Å². The number of nitrogens with two attached hydrogens (primary N) is 1. The van der Waals surface area contributed by atoms with Crippen molar-refractivity contribution in [3.63, 3.8) is 0 Å². The molecule has 3 nitrogen and oxygen atoms in total. The topological polar surface area (TPSA) is 59.0 Å². The number of halogens is 1. The molecule has 1 aliphatic carbocycles. The molecule has 0 aromatic heterocycles. The van der Waals surface area contributed by atoms with E-state index in [9.17, 15) is 4.39 Å². The van der Waals surface area contributed by atoms with Crippen LogP contribution < -0.4 is 5.73 Å². The number of nitrogens with zero attached hydrogens (tertiary/aromatic N) is 1. The van der Waals surface area contributed by atoms with Gasteiger partial charge in [0.2, 0.25) is 0 Å². The first kappa shape index (κ1) is 13.0. The van der Waals surface area contributed by atoms with Crippen LogP contribution in [0.3, 0.4) is 0 Å². The van der Waals surface area contributed by atoms with Gasteiger partial charge in [-0.1, -0.05) is 12.8 Å². The predicted octanol–water partition coefficient (Wildman–Crippen LogP) is 2.49. The lowest BCUT2D eigenvalue weighted by Crippen LogP contribution is -2.41. The Bertz CT molecular complexity index is 461. The standard InChI is InChI=1S/C14H17FN2O/c15-13-4-3-11(8-16)7-12(13)9-18-10-14(17)5-1-2-6-14/h3-4,7H,1-2,5-6,9-10,17H2. The normalized spacial score (nSPS) is 17.6. The van der Waals surface area contributed by atoms with Crippen molar-refractivity contribution in [3.8, 4) is 6.07 Å². The fraction of sp³-hybridized carbons (Fsp3) is 0.500. The van der Waals surface area contributed by atoms with Crippen molar-refractivity contribution in [2.75, 3.05) is 6.61 Å². The molecule has 0 aliphatic heterocycles. The van der Waals surface area contributed by atoms with Crippen LogP contribution >= 0.6 is 0 Å². The smallest absolute Gasteiger partial charge is 0.128 e. The number of rotatable bonds is 4. The SMILES string of the molecule is N#Cc1ccc(F)c(COCC2(N)CCCC2)c1. The quantitative estimate of drug-likeness (QED) is 0.890. The minimum Gasteiger partial charge on any atom is -0.375 e. The van der Waals surface area contributed by atoms with E-state index >= 15 is 0 Å². The summed E-state index contributed by atoms with van der Waals surface area (Å²) in [5, 5.41) is 8.76. The van der Waals surface area contributed by atoms with Gasteiger partial charge in [-0.3, -0.25) is 0 Å². The lowest BCUT2D eigenvalue weighted by molar-refractivity contribution is 0.0734. The van der Waals surface area contributed by atoms with E-state index in [0.717, 1.165) is 25.7 Å². The van der Waals surface area contributed by atoms with Crippen molar-refractivity contribution in [1.82, 2.24) is 0 Å².